The lowest BCUT2D eigenvalue weighted by Gasteiger charge is -2.26. The van der Waals surface area contributed by atoms with Crippen LogP contribution in [0, 0.1) is 22.0 Å². The van der Waals surface area contributed by atoms with E-state index < -0.39 is 34.0 Å². The van der Waals surface area contributed by atoms with Crippen molar-refractivity contribution in [3.63, 3.8) is 0 Å². The first-order valence-electron chi connectivity index (χ1n) is 6.61. The fourth-order valence-corrected chi connectivity index (χ4v) is 3.05. The summed E-state index contributed by atoms with van der Waals surface area (Å²) >= 11 is 5.70. The highest BCUT2D eigenvalue weighted by Crippen LogP contribution is 2.43. The molecule has 7 nitrogen and oxygen atoms in total. The molecule has 0 bridgehead atoms. The third kappa shape index (κ3) is 2.09. The number of benzene rings is 1. The molecule has 2 aliphatic rings. The maximum absolute atomic E-state index is 12.6. The topological polar surface area (TPSA) is 97.6 Å². The summed E-state index contributed by atoms with van der Waals surface area (Å²) in [5, 5.41) is 11.2. The van der Waals surface area contributed by atoms with E-state index in [9.17, 15) is 24.5 Å². The number of Topliss-reactive ketones (excluding diaryl/α,β-unsaturated/α-hetero) is 2. The summed E-state index contributed by atoms with van der Waals surface area (Å²) in [6, 6.07) is 3.41. The second-order valence-electron chi connectivity index (χ2n) is 5.48. The van der Waals surface area contributed by atoms with Crippen LogP contribution in [0.5, 0.6) is 0 Å². The lowest BCUT2D eigenvalue weighted by molar-refractivity contribution is -0.385. The van der Waals surface area contributed by atoms with Gasteiger partial charge < -0.3 is 4.90 Å². The quantitative estimate of drug-likeness (QED) is 0.363. The molecule has 1 saturated carbocycles. The van der Waals surface area contributed by atoms with Gasteiger partial charge in [0.05, 0.1) is 10.5 Å². The van der Waals surface area contributed by atoms with E-state index in [1.165, 1.54) is 24.1 Å². The Hall–Kier alpha value is -2.28. The van der Waals surface area contributed by atoms with Crippen LogP contribution in [0.4, 0.5) is 5.69 Å². The molecular weight excluding hydrogens is 312 g/mol. The maximum atomic E-state index is 12.6. The number of amides is 1. The van der Waals surface area contributed by atoms with E-state index in [-0.39, 0.29) is 22.5 Å². The Kier molecular flexibility index (Phi) is 3.25. The third-order valence-electron chi connectivity index (χ3n) is 4.18. The Balaban J connectivity index is 2.02. The first-order chi connectivity index (χ1) is 10.3. The molecule has 3 atom stereocenters. The van der Waals surface area contributed by atoms with Crippen LogP contribution in [0.25, 0.3) is 0 Å². The highest BCUT2D eigenvalue weighted by Gasteiger charge is 2.58. The molecule has 8 heteroatoms. The summed E-state index contributed by atoms with van der Waals surface area (Å²) in [6.45, 7) is 0. The number of ketones is 2. The molecule has 1 aliphatic heterocycles. The number of carbonyl (C=O) groups excluding carboxylic acids is 3. The van der Waals surface area contributed by atoms with E-state index in [4.69, 9.17) is 11.6 Å². The van der Waals surface area contributed by atoms with Gasteiger partial charge >= 0.3 is 0 Å². The number of carbonyl (C=O) groups is 3. The fraction of sp³-hybridized carbons (Fsp3) is 0.357. The fourth-order valence-electron chi connectivity index (χ4n) is 2.88. The number of piperidine rings is 1. The van der Waals surface area contributed by atoms with E-state index in [1.807, 2.05) is 0 Å². The van der Waals surface area contributed by atoms with Gasteiger partial charge in [-0.25, -0.2) is 0 Å². The summed E-state index contributed by atoms with van der Waals surface area (Å²) in [6.07, 6.45) is 0.549. The average Bonchev–Trinajstić information content (AvgIpc) is 3.25. The van der Waals surface area contributed by atoms with E-state index >= 15 is 0 Å². The Morgan fingerprint density at radius 3 is 2.73 bits per heavy atom. The van der Waals surface area contributed by atoms with Crippen LogP contribution >= 0.6 is 11.6 Å². The lowest BCUT2D eigenvalue weighted by atomic mass is 9.87. The van der Waals surface area contributed by atoms with Crippen molar-refractivity contribution in [3.05, 3.63) is 38.9 Å². The summed E-state index contributed by atoms with van der Waals surface area (Å²) < 4.78 is 0. The molecule has 1 saturated heterocycles. The number of halogens is 1. The lowest BCUT2D eigenvalue weighted by Crippen LogP contribution is -2.48. The zero-order valence-corrected chi connectivity index (χ0v) is 12.2. The highest BCUT2D eigenvalue weighted by atomic mass is 35.5. The molecule has 0 spiro atoms. The predicted molar refractivity (Wildman–Crippen MR) is 75.6 cm³/mol. The molecule has 1 aromatic rings. The standard InChI is InChI=1S/C14H11ClN2O5/c1-16-9-5-8(9)13(19)11(14(16)20)12(18)7-3-2-6(15)4-10(7)17(21)22/h2-4,8-9,11H,5H2,1H3. The van der Waals surface area contributed by atoms with Crippen molar-refractivity contribution in [2.45, 2.75) is 12.5 Å². The largest absolute Gasteiger partial charge is 0.341 e. The van der Waals surface area contributed by atoms with Gasteiger partial charge in [0.15, 0.2) is 17.5 Å². The van der Waals surface area contributed by atoms with E-state index in [2.05, 4.69) is 0 Å². The molecule has 1 aromatic carbocycles. The second-order valence-corrected chi connectivity index (χ2v) is 5.91. The Morgan fingerprint density at radius 1 is 1.41 bits per heavy atom. The van der Waals surface area contributed by atoms with Gasteiger partial charge in [-0.2, -0.15) is 0 Å². The molecule has 0 aromatic heterocycles. The molecule has 0 radical (unpaired) electrons. The van der Waals surface area contributed by atoms with Gasteiger partial charge in [-0.3, -0.25) is 24.5 Å². The molecule has 1 amide bonds. The minimum absolute atomic E-state index is 0.101. The van der Waals surface area contributed by atoms with E-state index in [0.29, 0.717) is 6.42 Å². The van der Waals surface area contributed by atoms with Gasteiger partial charge in [-0.1, -0.05) is 11.6 Å². The van der Waals surface area contributed by atoms with Crippen LogP contribution in [-0.2, 0) is 9.59 Å². The smallest absolute Gasteiger partial charge is 0.281 e. The van der Waals surface area contributed by atoms with Crippen molar-refractivity contribution < 1.29 is 19.3 Å². The summed E-state index contributed by atoms with van der Waals surface area (Å²) in [5.41, 5.74) is -0.771. The molecule has 114 valence electrons. The van der Waals surface area contributed by atoms with Gasteiger partial charge in [-0.15, -0.1) is 0 Å². The van der Waals surface area contributed by atoms with Gasteiger partial charge in [-0.05, 0) is 18.6 Å². The predicted octanol–water partition coefficient (Wildman–Crippen LogP) is 1.48. The van der Waals surface area contributed by atoms with Gasteiger partial charge in [0.25, 0.3) is 5.69 Å². The number of likely N-dealkylation sites (tertiary alicyclic amines) is 1. The number of nitro benzene ring substituents is 1. The zero-order chi connectivity index (χ0) is 16.2. The van der Waals surface area contributed by atoms with Crippen molar-refractivity contribution >= 4 is 34.8 Å². The molecule has 3 unspecified atom stereocenters. The van der Waals surface area contributed by atoms with Crippen molar-refractivity contribution in [1.82, 2.24) is 4.90 Å². The first kappa shape index (κ1) is 14.6. The summed E-state index contributed by atoms with van der Waals surface area (Å²) in [4.78, 5) is 48.7. The zero-order valence-electron chi connectivity index (χ0n) is 11.5. The number of fused-ring (bicyclic) bond motifs is 1. The number of rotatable bonds is 3. The van der Waals surface area contributed by atoms with Crippen molar-refractivity contribution in [1.29, 1.82) is 0 Å². The van der Waals surface area contributed by atoms with Gasteiger partial charge in [0.2, 0.25) is 5.91 Å². The molecule has 22 heavy (non-hydrogen) atoms. The van der Waals surface area contributed by atoms with Crippen molar-refractivity contribution in [2.24, 2.45) is 11.8 Å². The SMILES string of the molecule is CN1C(=O)C(C(=O)c2ccc(Cl)cc2[N+](=O)[O-])C(=O)C2CC21. The maximum Gasteiger partial charge on any atom is 0.281 e. The normalized spacial score (nSPS) is 26.6. The summed E-state index contributed by atoms with van der Waals surface area (Å²) in [7, 11) is 1.54. The monoisotopic (exact) mass is 322 g/mol. The Bertz CT molecular complexity index is 732. The number of nitro groups is 1. The van der Waals surface area contributed by atoms with Crippen LogP contribution in [0.15, 0.2) is 18.2 Å². The van der Waals surface area contributed by atoms with Crippen LogP contribution in [0.3, 0.4) is 0 Å². The Morgan fingerprint density at radius 2 is 2.09 bits per heavy atom. The van der Waals surface area contributed by atoms with E-state index in [0.717, 1.165) is 6.07 Å². The van der Waals surface area contributed by atoms with Crippen LogP contribution in [-0.4, -0.2) is 40.4 Å². The van der Waals surface area contributed by atoms with Crippen LogP contribution in [0.1, 0.15) is 16.8 Å². The molecule has 1 aliphatic carbocycles. The van der Waals surface area contributed by atoms with Crippen LogP contribution < -0.4 is 0 Å². The Labute approximate surface area is 130 Å². The molecule has 1 heterocycles. The third-order valence-corrected chi connectivity index (χ3v) is 4.42. The number of nitrogens with zero attached hydrogens (tertiary/aromatic N) is 2. The molecule has 3 rings (SSSR count). The van der Waals surface area contributed by atoms with Crippen molar-refractivity contribution in [3.8, 4) is 0 Å². The minimum Gasteiger partial charge on any atom is -0.341 e. The average molecular weight is 323 g/mol. The number of hydrogen-bond donors (Lipinski definition) is 0. The summed E-state index contributed by atoms with van der Waals surface area (Å²) in [5.74, 6) is -3.70. The minimum atomic E-state index is -1.49. The molecule has 2 fully saturated rings. The second kappa shape index (κ2) is 4.88. The van der Waals surface area contributed by atoms with Gasteiger partial charge in [0, 0.05) is 30.1 Å². The highest BCUT2D eigenvalue weighted by molar-refractivity contribution is 6.31. The van der Waals surface area contributed by atoms with Crippen molar-refractivity contribution in [2.75, 3.05) is 7.05 Å². The number of hydrogen-bond acceptors (Lipinski definition) is 5. The molecule has 0 N–H and O–H groups in total. The molecular formula is C14H11ClN2O5. The van der Waals surface area contributed by atoms with E-state index in [1.54, 1.807) is 0 Å². The van der Waals surface area contributed by atoms with Crippen LogP contribution in [0.2, 0.25) is 5.02 Å². The first-order valence-corrected chi connectivity index (χ1v) is 6.99. The van der Waals surface area contributed by atoms with Gasteiger partial charge in [0.1, 0.15) is 0 Å².